The second-order valence-electron chi connectivity index (χ2n) is 1.00. The van der Waals surface area contributed by atoms with Gasteiger partial charge in [-0.1, -0.05) is 6.08 Å². The molecule has 0 bridgehead atoms. The van der Waals surface area contributed by atoms with Crippen LogP contribution in [0.2, 0.25) is 0 Å². The first-order chi connectivity index (χ1) is 3.56. The summed E-state index contributed by atoms with van der Waals surface area (Å²) in [4.78, 5) is 0. The predicted molar refractivity (Wildman–Crippen MR) is 36.2 cm³/mol. The van der Waals surface area contributed by atoms with Crippen molar-refractivity contribution in [3.63, 3.8) is 0 Å². The first kappa shape index (κ1) is 12.5. The monoisotopic (exact) mass is 180 g/mol. The molecule has 0 atom stereocenters. The minimum atomic E-state index is -4.26. The molecule has 9 heavy (non-hydrogen) atoms. The van der Waals surface area contributed by atoms with Crippen LogP contribution in [0.4, 0.5) is 0 Å². The Bertz CT molecular complexity index is 161. The molecule has 0 saturated carbocycles. The molecular weight excluding hydrogens is 172 g/mol. The summed E-state index contributed by atoms with van der Waals surface area (Å²) in [6.45, 7) is 2.97. The summed E-state index contributed by atoms with van der Waals surface area (Å²) in [6.07, 6.45) is 1.22. The van der Waals surface area contributed by atoms with Crippen molar-refractivity contribution in [3.8, 4) is 0 Å². The van der Waals surface area contributed by atoms with Crippen molar-refractivity contribution in [2.45, 2.75) is 0 Å². The molecule has 0 aromatic rings. The Hall–Kier alpha value is 0.870. The molecular formula is C3H8CaO4S. The van der Waals surface area contributed by atoms with Crippen LogP contribution < -0.4 is 0 Å². The van der Waals surface area contributed by atoms with Crippen LogP contribution >= 0.6 is 0 Å². The van der Waals surface area contributed by atoms with Crippen LogP contribution in [0, 0.1) is 0 Å². The average molecular weight is 180 g/mol. The third-order valence-electron chi connectivity index (χ3n) is 0.335. The Kier molecular flexibility index (Phi) is 7.86. The molecule has 0 aliphatic heterocycles. The van der Waals surface area contributed by atoms with Crippen LogP contribution in [0.15, 0.2) is 12.7 Å². The molecule has 4 nitrogen and oxygen atoms in total. The molecule has 0 fully saturated rings. The van der Waals surface area contributed by atoms with Gasteiger partial charge in [0.05, 0.1) is 6.61 Å². The van der Waals surface area contributed by atoms with Crippen molar-refractivity contribution in [2.24, 2.45) is 0 Å². The second kappa shape index (κ2) is 5.64. The van der Waals surface area contributed by atoms with Crippen LogP contribution in [0.3, 0.4) is 0 Å². The summed E-state index contributed by atoms with van der Waals surface area (Å²) >= 11 is 0. The third-order valence-corrected chi connectivity index (χ3v) is 0.769. The number of hydrogen-bond acceptors (Lipinski definition) is 3. The second-order valence-corrected chi connectivity index (χ2v) is 2.09. The molecule has 52 valence electrons. The molecule has 0 unspecified atom stereocenters. The molecule has 0 saturated heterocycles. The standard InChI is InChI=1S/C3H6O4S.Ca.2H/c1-2-3-7-8(4,5)6;;;/h2H,1,3H2,(H,4,5,6);;;. The number of hydrogen-bond donors (Lipinski definition) is 1. The van der Waals surface area contributed by atoms with E-state index in [4.69, 9.17) is 4.55 Å². The fourth-order valence-corrected chi connectivity index (χ4v) is 0.402. The van der Waals surface area contributed by atoms with Crippen LogP contribution in [0.1, 0.15) is 0 Å². The van der Waals surface area contributed by atoms with Crippen LogP contribution in [0.5, 0.6) is 0 Å². The Morgan fingerprint density at radius 2 is 2.11 bits per heavy atom. The minimum absolute atomic E-state index is 0. The van der Waals surface area contributed by atoms with Crippen molar-refractivity contribution in [3.05, 3.63) is 12.7 Å². The van der Waals surface area contributed by atoms with E-state index >= 15 is 0 Å². The van der Waals surface area contributed by atoms with Crippen molar-refractivity contribution in [1.29, 1.82) is 0 Å². The van der Waals surface area contributed by atoms with Gasteiger partial charge in [0.2, 0.25) is 0 Å². The Balaban J connectivity index is 0. The molecule has 0 heterocycles. The molecule has 0 spiro atoms. The van der Waals surface area contributed by atoms with E-state index < -0.39 is 10.4 Å². The van der Waals surface area contributed by atoms with Crippen molar-refractivity contribution >= 4 is 48.1 Å². The molecule has 0 aliphatic rings. The van der Waals surface area contributed by atoms with Crippen LogP contribution in [0.25, 0.3) is 0 Å². The first-order valence-electron chi connectivity index (χ1n) is 1.79. The van der Waals surface area contributed by atoms with E-state index in [-0.39, 0.29) is 44.3 Å². The average Bonchev–Trinajstić information content (AvgIpc) is 1.59. The van der Waals surface area contributed by atoms with E-state index in [1.54, 1.807) is 0 Å². The van der Waals surface area contributed by atoms with Gasteiger partial charge < -0.3 is 0 Å². The molecule has 0 aromatic heterocycles. The fraction of sp³-hybridized carbons (Fsp3) is 0.333. The molecule has 6 heteroatoms. The Labute approximate surface area is 83.8 Å². The summed E-state index contributed by atoms with van der Waals surface area (Å²) in [5, 5.41) is 0. The maximum absolute atomic E-state index is 9.68. The molecule has 1 N–H and O–H groups in total. The van der Waals surface area contributed by atoms with Gasteiger partial charge in [0, 0.05) is 0 Å². The van der Waals surface area contributed by atoms with Gasteiger partial charge >= 0.3 is 48.1 Å². The van der Waals surface area contributed by atoms with Crippen LogP contribution in [-0.4, -0.2) is 57.3 Å². The Morgan fingerprint density at radius 3 is 2.22 bits per heavy atom. The maximum atomic E-state index is 9.68. The van der Waals surface area contributed by atoms with Gasteiger partial charge in [0.1, 0.15) is 0 Å². The van der Waals surface area contributed by atoms with E-state index in [2.05, 4.69) is 10.8 Å². The topological polar surface area (TPSA) is 63.6 Å². The molecule has 0 aromatic carbocycles. The zero-order chi connectivity index (χ0) is 6.62. The normalized spacial score (nSPS) is 9.89. The zero-order valence-electron chi connectivity index (χ0n) is 4.07. The van der Waals surface area contributed by atoms with Gasteiger partial charge in [-0.3, -0.25) is 4.55 Å². The molecule has 0 amide bonds. The molecule has 0 aliphatic carbocycles. The van der Waals surface area contributed by atoms with Crippen molar-refractivity contribution < 1.29 is 17.2 Å². The summed E-state index contributed by atoms with van der Waals surface area (Å²) < 4.78 is 31.0. The zero-order valence-corrected chi connectivity index (χ0v) is 4.89. The van der Waals surface area contributed by atoms with Gasteiger partial charge in [-0.2, -0.15) is 8.42 Å². The number of rotatable bonds is 3. The quantitative estimate of drug-likeness (QED) is 0.346. The van der Waals surface area contributed by atoms with E-state index in [1.807, 2.05) is 0 Å². The van der Waals surface area contributed by atoms with Gasteiger partial charge in [0.25, 0.3) is 0 Å². The first-order valence-corrected chi connectivity index (χ1v) is 3.15. The predicted octanol–water partition coefficient (Wildman–Crippen LogP) is -0.924. The summed E-state index contributed by atoms with van der Waals surface area (Å²) in [5.74, 6) is 0. The van der Waals surface area contributed by atoms with Crippen molar-refractivity contribution in [2.75, 3.05) is 6.61 Å². The van der Waals surface area contributed by atoms with E-state index in [0.717, 1.165) is 0 Å². The summed E-state index contributed by atoms with van der Waals surface area (Å²) in [6, 6.07) is 0. The van der Waals surface area contributed by atoms with Gasteiger partial charge in [-0.25, -0.2) is 4.18 Å². The van der Waals surface area contributed by atoms with E-state index in [0.29, 0.717) is 0 Å². The van der Waals surface area contributed by atoms with E-state index in [9.17, 15) is 8.42 Å². The summed E-state index contributed by atoms with van der Waals surface area (Å²) in [5.41, 5.74) is 0. The van der Waals surface area contributed by atoms with Gasteiger partial charge in [0.15, 0.2) is 0 Å². The molecule has 0 radical (unpaired) electrons. The van der Waals surface area contributed by atoms with Gasteiger partial charge in [-0.05, 0) is 0 Å². The van der Waals surface area contributed by atoms with Crippen molar-refractivity contribution in [1.82, 2.24) is 0 Å². The molecule has 0 rings (SSSR count). The third kappa shape index (κ3) is 12.1. The summed E-state index contributed by atoms with van der Waals surface area (Å²) in [7, 11) is -4.26. The van der Waals surface area contributed by atoms with Crippen LogP contribution in [-0.2, 0) is 14.6 Å². The SMILES string of the molecule is C=CCOS(=O)(=O)O.[CaH2]. The van der Waals surface area contributed by atoms with Gasteiger partial charge in [-0.15, -0.1) is 6.58 Å². The Morgan fingerprint density at radius 1 is 1.67 bits per heavy atom. The van der Waals surface area contributed by atoms with E-state index in [1.165, 1.54) is 6.08 Å². The fourth-order valence-electron chi connectivity index (χ4n) is 0.134.